The Hall–Kier alpha value is -2.63. The summed E-state index contributed by atoms with van der Waals surface area (Å²) in [6, 6.07) is 14.5. The molecular formula is C22H20ClNO3S. The van der Waals surface area contributed by atoms with Crippen LogP contribution in [0.3, 0.4) is 0 Å². The summed E-state index contributed by atoms with van der Waals surface area (Å²) in [7, 11) is 0. The highest BCUT2D eigenvalue weighted by Crippen LogP contribution is 2.36. The third-order valence-corrected chi connectivity index (χ3v) is 5.64. The van der Waals surface area contributed by atoms with Gasteiger partial charge < -0.3 is 9.84 Å². The predicted octanol–water partition coefficient (Wildman–Crippen LogP) is 6.11. The van der Waals surface area contributed by atoms with Crippen molar-refractivity contribution in [1.82, 2.24) is 0 Å². The number of thioether (sulfide) groups is 1. The third kappa shape index (κ3) is 4.61. The van der Waals surface area contributed by atoms with Crippen LogP contribution in [0.4, 0.5) is 5.69 Å². The molecule has 1 N–H and O–H groups in total. The number of carbonyl (C=O) groups excluding carboxylic acids is 1. The number of hydrogen-bond donors (Lipinski definition) is 1. The fourth-order valence-corrected chi connectivity index (χ4v) is 4.14. The first-order chi connectivity index (χ1) is 13.5. The van der Waals surface area contributed by atoms with Gasteiger partial charge in [0, 0.05) is 10.7 Å². The van der Waals surface area contributed by atoms with Crippen molar-refractivity contribution < 1.29 is 14.6 Å². The highest BCUT2D eigenvalue weighted by atomic mass is 35.5. The molecule has 0 saturated carbocycles. The number of benzene rings is 2. The summed E-state index contributed by atoms with van der Waals surface area (Å²) in [6.45, 7) is 5.44. The first-order valence-corrected chi connectivity index (χ1v) is 10.1. The zero-order valence-electron chi connectivity index (χ0n) is 15.3. The SMILES string of the molecule is C=C/C(O)=C\C(=C/C)C1SCC(=O)N1c1ccc(Oc2ccc(Cl)cc2)cc1. The smallest absolute Gasteiger partial charge is 0.238 e. The lowest BCUT2D eigenvalue weighted by Crippen LogP contribution is -2.33. The maximum absolute atomic E-state index is 12.5. The summed E-state index contributed by atoms with van der Waals surface area (Å²) >= 11 is 7.41. The molecule has 1 amide bonds. The maximum Gasteiger partial charge on any atom is 0.238 e. The average molecular weight is 414 g/mol. The minimum atomic E-state index is -0.206. The van der Waals surface area contributed by atoms with Crippen LogP contribution in [-0.4, -0.2) is 22.1 Å². The van der Waals surface area contributed by atoms with E-state index in [1.54, 1.807) is 35.2 Å². The van der Waals surface area contributed by atoms with Crippen molar-refractivity contribution in [2.24, 2.45) is 0 Å². The lowest BCUT2D eigenvalue weighted by Gasteiger charge is -2.25. The summed E-state index contributed by atoms with van der Waals surface area (Å²) in [4.78, 5) is 14.2. The van der Waals surface area contributed by atoms with Crippen LogP contribution in [0, 0.1) is 0 Å². The van der Waals surface area contributed by atoms with E-state index >= 15 is 0 Å². The van der Waals surface area contributed by atoms with Gasteiger partial charge in [0.1, 0.15) is 22.6 Å². The Kier molecular flexibility index (Phi) is 6.49. The van der Waals surface area contributed by atoms with Gasteiger partial charge in [0.25, 0.3) is 0 Å². The molecule has 1 heterocycles. The standard InChI is InChI=1S/C22H20ClNO3S/c1-3-15(13-18(25)4-2)22-24(21(26)14-28-22)17-7-11-20(12-8-17)27-19-9-5-16(23)6-10-19/h3-13,22,25H,2,14H2,1H3/b15-3+,18-13+. The van der Waals surface area contributed by atoms with E-state index in [0.717, 1.165) is 11.3 Å². The van der Waals surface area contributed by atoms with Crippen LogP contribution in [0.15, 0.2) is 84.7 Å². The van der Waals surface area contributed by atoms with Gasteiger partial charge in [-0.1, -0.05) is 24.3 Å². The van der Waals surface area contributed by atoms with Crippen molar-refractivity contribution in [3.05, 3.63) is 89.7 Å². The van der Waals surface area contributed by atoms with E-state index in [-0.39, 0.29) is 17.0 Å². The number of anilines is 1. The molecule has 0 bridgehead atoms. The van der Waals surface area contributed by atoms with E-state index in [4.69, 9.17) is 16.3 Å². The molecule has 144 valence electrons. The van der Waals surface area contributed by atoms with Crippen LogP contribution in [-0.2, 0) is 4.79 Å². The molecule has 1 atom stereocenters. The zero-order valence-corrected chi connectivity index (χ0v) is 16.9. The molecule has 6 heteroatoms. The molecule has 1 aliphatic rings. The summed E-state index contributed by atoms with van der Waals surface area (Å²) in [5.41, 5.74) is 1.61. The lowest BCUT2D eigenvalue weighted by atomic mass is 10.1. The van der Waals surface area contributed by atoms with Gasteiger partial charge >= 0.3 is 0 Å². The number of amides is 1. The molecule has 0 aromatic heterocycles. The molecule has 1 aliphatic heterocycles. The largest absolute Gasteiger partial charge is 0.508 e. The molecule has 1 fully saturated rings. The van der Waals surface area contributed by atoms with E-state index < -0.39 is 0 Å². The highest BCUT2D eigenvalue weighted by molar-refractivity contribution is 8.01. The van der Waals surface area contributed by atoms with Crippen LogP contribution >= 0.6 is 23.4 Å². The van der Waals surface area contributed by atoms with Crippen LogP contribution in [0.5, 0.6) is 11.5 Å². The molecule has 4 nitrogen and oxygen atoms in total. The quantitative estimate of drug-likeness (QED) is 0.458. The summed E-state index contributed by atoms with van der Waals surface area (Å²) < 4.78 is 5.81. The van der Waals surface area contributed by atoms with E-state index in [9.17, 15) is 9.90 Å². The van der Waals surface area contributed by atoms with E-state index in [1.165, 1.54) is 17.8 Å². The number of hydrogen-bond acceptors (Lipinski definition) is 4. The van der Waals surface area contributed by atoms with Crippen LogP contribution in [0.1, 0.15) is 6.92 Å². The number of ether oxygens (including phenoxy) is 1. The van der Waals surface area contributed by atoms with Crippen LogP contribution < -0.4 is 9.64 Å². The van der Waals surface area contributed by atoms with Gasteiger partial charge in [-0.2, -0.15) is 0 Å². The molecule has 2 aromatic rings. The fraction of sp³-hybridized carbons (Fsp3) is 0.136. The van der Waals surface area contributed by atoms with Crippen molar-refractivity contribution in [3.8, 4) is 11.5 Å². The Morgan fingerprint density at radius 2 is 1.82 bits per heavy atom. The Bertz CT molecular complexity index is 920. The number of allylic oxidation sites excluding steroid dienone is 2. The summed E-state index contributed by atoms with van der Waals surface area (Å²) in [5.74, 6) is 1.82. The molecular weight excluding hydrogens is 394 g/mol. The van der Waals surface area contributed by atoms with E-state index in [0.29, 0.717) is 22.3 Å². The van der Waals surface area contributed by atoms with Gasteiger partial charge in [-0.05, 0) is 73.2 Å². The molecule has 28 heavy (non-hydrogen) atoms. The topological polar surface area (TPSA) is 49.8 Å². The monoisotopic (exact) mass is 413 g/mol. The second-order valence-corrected chi connectivity index (χ2v) is 7.54. The Morgan fingerprint density at radius 3 is 2.39 bits per heavy atom. The summed E-state index contributed by atoms with van der Waals surface area (Å²) in [6.07, 6.45) is 4.90. The molecule has 0 aliphatic carbocycles. The van der Waals surface area contributed by atoms with Crippen LogP contribution in [0.2, 0.25) is 5.02 Å². The Labute approximate surface area is 173 Å². The molecule has 3 rings (SSSR count). The lowest BCUT2D eigenvalue weighted by molar-refractivity contribution is -0.115. The number of halogens is 1. The minimum Gasteiger partial charge on any atom is -0.508 e. The normalized spacial score (nSPS) is 17.7. The van der Waals surface area contributed by atoms with Gasteiger partial charge in [0.2, 0.25) is 5.91 Å². The Balaban J connectivity index is 1.81. The fourth-order valence-electron chi connectivity index (χ4n) is 2.79. The molecule has 1 unspecified atom stereocenters. The molecule has 2 aromatic carbocycles. The van der Waals surface area contributed by atoms with Crippen molar-refractivity contribution in [2.45, 2.75) is 12.3 Å². The average Bonchev–Trinajstić information content (AvgIpc) is 3.09. The van der Waals surface area contributed by atoms with Gasteiger partial charge in [-0.3, -0.25) is 9.69 Å². The predicted molar refractivity (Wildman–Crippen MR) is 116 cm³/mol. The Morgan fingerprint density at radius 1 is 1.21 bits per heavy atom. The number of aliphatic hydroxyl groups excluding tert-OH is 1. The van der Waals surface area contributed by atoms with Crippen LogP contribution in [0.25, 0.3) is 0 Å². The first kappa shape index (κ1) is 20.1. The number of carbonyl (C=O) groups is 1. The third-order valence-electron chi connectivity index (χ3n) is 4.17. The van der Waals surface area contributed by atoms with Crippen molar-refractivity contribution in [2.75, 3.05) is 10.7 Å². The molecule has 0 spiro atoms. The van der Waals surface area contributed by atoms with Gasteiger partial charge in [-0.25, -0.2) is 0 Å². The first-order valence-electron chi connectivity index (χ1n) is 8.68. The summed E-state index contributed by atoms with van der Waals surface area (Å²) in [5, 5.41) is 10.2. The van der Waals surface area contributed by atoms with Gasteiger partial charge in [-0.15, -0.1) is 11.8 Å². The highest BCUT2D eigenvalue weighted by Gasteiger charge is 2.34. The second-order valence-electron chi connectivity index (χ2n) is 6.04. The van der Waals surface area contributed by atoms with E-state index in [1.807, 2.05) is 37.3 Å². The zero-order chi connectivity index (χ0) is 20.1. The van der Waals surface area contributed by atoms with Crippen molar-refractivity contribution in [3.63, 3.8) is 0 Å². The number of rotatable bonds is 6. The van der Waals surface area contributed by atoms with Crippen molar-refractivity contribution >= 4 is 35.0 Å². The molecule has 0 radical (unpaired) electrons. The number of nitrogens with zero attached hydrogens (tertiary/aromatic N) is 1. The second kappa shape index (κ2) is 9.04. The van der Waals surface area contributed by atoms with Gasteiger partial charge in [0.15, 0.2) is 0 Å². The van der Waals surface area contributed by atoms with Crippen molar-refractivity contribution in [1.29, 1.82) is 0 Å². The maximum atomic E-state index is 12.5. The number of aliphatic hydroxyl groups is 1. The minimum absolute atomic E-state index is 0.0206. The molecule has 1 saturated heterocycles. The van der Waals surface area contributed by atoms with E-state index in [2.05, 4.69) is 6.58 Å². The van der Waals surface area contributed by atoms with Gasteiger partial charge in [0.05, 0.1) is 5.75 Å².